The fraction of sp³-hybridized carbons (Fsp3) is 0.500. The number of aryl methyl sites for hydroxylation is 1. The van der Waals surface area contributed by atoms with E-state index in [1.165, 1.54) is 0 Å². The molecule has 0 spiro atoms. The maximum atomic E-state index is 12.3. The Morgan fingerprint density at radius 1 is 1.29 bits per heavy atom. The van der Waals surface area contributed by atoms with Gasteiger partial charge in [-0.3, -0.25) is 4.79 Å². The summed E-state index contributed by atoms with van der Waals surface area (Å²) in [6.45, 7) is 1.94. The highest BCUT2D eigenvalue weighted by Gasteiger charge is 2.30. The molecule has 5 heteroatoms. The standard InChI is InChI=1S/C16H20BrNO3/c1-10-7-8-12(9-13(10)17)15(19)18-14(16(20)21)11-5-3-2-4-6-11/h7-9,11,14H,2-6H2,1H3,(H,18,19)(H,20,21). The molecule has 1 atom stereocenters. The molecule has 0 aromatic heterocycles. The highest BCUT2D eigenvalue weighted by Crippen LogP contribution is 2.27. The number of carboxylic acids is 1. The predicted molar refractivity (Wildman–Crippen MR) is 84.3 cm³/mol. The van der Waals surface area contributed by atoms with Gasteiger partial charge in [0.15, 0.2) is 0 Å². The van der Waals surface area contributed by atoms with Crippen LogP contribution in [0.3, 0.4) is 0 Å². The van der Waals surface area contributed by atoms with Crippen molar-refractivity contribution in [1.82, 2.24) is 5.32 Å². The van der Waals surface area contributed by atoms with Gasteiger partial charge < -0.3 is 10.4 Å². The number of hydrogen-bond donors (Lipinski definition) is 2. The van der Waals surface area contributed by atoms with Crippen molar-refractivity contribution in [2.24, 2.45) is 5.92 Å². The predicted octanol–water partition coefficient (Wildman–Crippen LogP) is 3.52. The molecule has 1 unspecified atom stereocenters. The molecule has 4 nitrogen and oxygen atoms in total. The lowest BCUT2D eigenvalue weighted by Gasteiger charge is -2.28. The van der Waals surface area contributed by atoms with Gasteiger partial charge in [0.2, 0.25) is 0 Å². The normalized spacial score (nSPS) is 17.2. The number of halogens is 1. The molecule has 21 heavy (non-hydrogen) atoms. The first-order valence-electron chi connectivity index (χ1n) is 7.29. The Balaban J connectivity index is 2.10. The van der Waals surface area contributed by atoms with Gasteiger partial charge in [-0.05, 0) is 43.4 Å². The molecule has 0 heterocycles. The van der Waals surface area contributed by atoms with Gasteiger partial charge in [0.25, 0.3) is 5.91 Å². The lowest BCUT2D eigenvalue weighted by Crippen LogP contribution is -2.46. The second-order valence-corrected chi connectivity index (χ2v) is 6.51. The molecule has 0 radical (unpaired) electrons. The summed E-state index contributed by atoms with van der Waals surface area (Å²) in [6.07, 6.45) is 4.98. The van der Waals surface area contributed by atoms with Crippen LogP contribution >= 0.6 is 15.9 Å². The largest absolute Gasteiger partial charge is 0.480 e. The van der Waals surface area contributed by atoms with E-state index in [-0.39, 0.29) is 11.8 Å². The summed E-state index contributed by atoms with van der Waals surface area (Å²) in [7, 11) is 0. The van der Waals surface area contributed by atoms with Crippen LogP contribution in [0, 0.1) is 12.8 Å². The lowest BCUT2D eigenvalue weighted by atomic mass is 9.84. The zero-order valence-electron chi connectivity index (χ0n) is 12.1. The van der Waals surface area contributed by atoms with Gasteiger partial charge >= 0.3 is 5.97 Å². The van der Waals surface area contributed by atoms with E-state index in [4.69, 9.17) is 0 Å². The Bertz CT molecular complexity index is 538. The summed E-state index contributed by atoms with van der Waals surface area (Å²) in [5, 5.41) is 12.1. The molecule has 1 amide bonds. The number of amides is 1. The Labute approximate surface area is 133 Å². The molecule has 1 fully saturated rings. The van der Waals surface area contributed by atoms with E-state index in [0.29, 0.717) is 5.56 Å². The van der Waals surface area contributed by atoms with Crippen molar-refractivity contribution in [3.63, 3.8) is 0 Å². The first-order chi connectivity index (χ1) is 9.99. The minimum atomic E-state index is -0.943. The zero-order valence-corrected chi connectivity index (χ0v) is 13.6. The SMILES string of the molecule is Cc1ccc(C(=O)NC(C(=O)O)C2CCCCC2)cc1Br. The van der Waals surface area contributed by atoms with Crippen LogP contribution in [-0.2, 0) is 4.79 Å². The summed E-state index contributed by atoms with van der Waals surface area (Å²) in [5.41, 5.74) is 1.52. The van der Waals surface area contributed by atoms with Gasteiger partial charge in [0.05, 0.1) is 0 Å². The molecule has 114 valence electrons. The van der Waals surface area contributed by atoms with Crippen molar-refractivity contribution in [3.05, 3.63) is 33.8 Å². The molecule has 0 bridgehead atoms. The highest BCUT2D eigenvalue weighted by atomic mass is 79.9. The van der Waals surface area contributed by atoms with E-state index >= 15 is 0 Å². The summed E-state index contributed by atoms with van der Waals surface area (Å²) < 4.78 is 0.847. The first-order valence-corrected chi connectivity index (χ1v) is 8.08. The molecule has 0 saturated heterocycles. The van der Waals surface area contributed by atoms with Crippen LogP contribution in [0.4, 0.5) is 0 Å². The van der Waals surface area contributed by atoms with E-state index in [0.717, 1.165) is 42.1 Å². The van der Waals surface area contributed by atoms with Gasteiger partial charge in [0.1, 0.15) is 6.04 Å². The molecule has 1 aromatic carbocycles. The molecule has 1 saturated carbocycles. The monoisotopic (exact) mass is 353 g/mol. The molecule has 2 N–H and O–H groups in total. The Hall–Kier alpha value is -1.36. The summed E-state index contributed by atoms with van der Waals surface area (Å²) in [5.74, 6) is -1.23. The second kappa shape index (κ2) is 7.07. The van der Waals surface area contributed by atoms with Crippen molar-refractivity contribution < 1.29 is 14.7 Å². The summed E-state index contributed by atoms with van der Waals surface area (Å²) >= 11 is 3.39. The number of aliphatic carboxylic acids is 1. The third-order valence-corrected chi connectivity index (χ3v) is 4.96. The van der Waals surface area contributed by atoms with Crippen molar-refractivity contribution >= 4 is 27.8 Å². The minimum Gasteiger partial charge on any atom is -0.480 e. The fourth-order valence-corrected chi connectivity index (χ4v) is 3.19. The number of carbonyl (C=O) groups excluding carboxylic acids is 1. The molecular formula is C16H20BrNO3. The quantitative estimate of drug-likeness (QED) is 0.870. The average molecular weight is 354 g/mol. The van der Waals surface area contributed by atoms with Gasteiger partial charge in [-0.25, -0.2) is 4.79 Å². The highest BCUT2D eigenvalue weighted by molar-refractivity contribution is 9.10. The number of carbonyl (C=O) groups is 2. The fourth-order valence-electron chi connectivity index (χ4n) is 2.81. The third kappa shape index (κ3) is 4.06. The van der Waals surface area contributed by atoms with Crippen LogP contribution in [0.15, 0.2) is 22.7 Å². The number of rotatable bonds is 4. The van der Waals surface area contributed by atoms with E-state index in [9.17, 15) is 14.7 Å². The van der Waals surface area contributed by atoms with Crippen LogP contribution in [0.5, 0.6) is 0 Å². The van der Waals surface area contributed by atoms with Crippen LogP contribution < -0.4 is 5.32 Å². The van der Waals surface area contributed by atoms with Crippen molar-refractivity contribution in [3.8, 4) is 0 Å². The van der Waals surface area contributed by atoms with E-state index in [1.807, 2.05) is 13.0 Å². The molecule has 1 aliphatic rings. The van der Waals surface area contributed by atoms with Gasteiger partial charge in [-0.1, -0.05) is 41.3 Å². The maximum Gasteiger partial charge on any atom is 0.326 e. The maximum absolute atomic E-state index is 12.3. The van der Waals surface area contributed by atoms with Crippen molar-refractivity contribution in [1.29, 1.82) is 0 Å². The Kier molecular flexibility index (Phi) is 5.39. The Morgan fingerprint density at radius 3 is 2.52 bits per heavy atom. The van der Waals surface area contributed by atoms with E-state index in [2.05, 4.69) is 21.2 Å². The molecular weight excluding hydrogens is 334 g/mol. The number of carboxylic acid groups (broad SMARTS) is 1. The number of hydrogen-bond acceptors (Lipinski definition) is 2. The van der Waals surface area contributed by atoms with Crippen LogP contribution in [0.2, 0.25) is 0 Å². The molecule has 1 aromatic rings. The van der Waals surface area contributed by atoms with Crippen LogP contribution in [0.1, 0.15) is 48.0 Å². The zero-order chi connectivity index (χ0) is 15.4. The number of nitrogens with one attached hydrogen (secondary N) is 1. The van der Waals surface area contributed by atoms with Crippen LogP contribution in [0.25, 0.3) is 0 Å². The molecule has 1 aliphatic carbocycles. The summed E-state index contributed by atoms with van der Waals surface area (Å²) in [4.78, 5) is 23.7. The van der Waals surface area contributed by atoms with E-state index in [1.54, 1.807) is 12.1 Å². The minimum absolute atomic E-state index is 0.0362. The van der Waals surface area contributed by atoms with Crippen molar-refractivity contribution in [2.75, 3.05) is 0 Å². The first kappa shape index (κ1) is 16.0. The second-order valence-electron chi connectivity index (χ2n) is 5.65. The topological polar surface area (TPSA) is 66.4 Å². The average Bonchev–Trinajstić information content (AvgIpc) is 2.48. The summed E-state index contributed by atoms with van der Waals surface area (Å²) in [6, 6.07) is 4.49. The van der Waals surface area contributed by atoms with Crippen molar-refractivity contribution in [2.45, 2.75) is 45.1 Å². The number of benzene rings is 1. The van der Waals surface area contributed by atoms with Gasteiger partial charge in [0, 0.05) is 10.0 Å². The van der Waals surface area contributed by atoms with Crippen LogP contribution in [-0.4, -0.2) is 23.0 Å². The van der Waals surface area contributed by atoms with Gasteiger partial charge in [-0.15, -0.1) is 0 Å². The smallest absolute Gasteiger partial charge is 0.326 e. The molecule has 2 rings (SSSR count). The lowest BCUT2D eigenvalue weighted by molar-refractivity contribution is -0.141. The van der Waals surface area contributed by atoms with Gasteiger partial charge in [-0.2, -0.15) is 0 Å². The third-order valence-electron chi connectivity index (χ3n) is 4.11. The Morgan fingerprint density at radius 2 is 1.95 bits per heavy atom. The van der Waals surface area contributed by atoms with E-state index < -0.39 is 12.0 Å². The molecule has 0 aliphatic heterocycles.